The first-order valence-corrected chi connectivity index (χ1v) is 10.9. The van der Waals surface area contributed by atoms with Gasteiger partial charge < -0.3 is 49.3 Å². The molecule has 1 fully saturated rings. The SMILES string of the molecule is CC(O[C@H]1OC(CO)[C@H](O)[C@@H](O)[C@@H]1O)C(=O)Oc1cc(O)c2c(=O)cc(-c3ccc(O)cc3)oc2c1. The van der Waals surface area contributed by atoms with E-state index < -0.39 is 60.6 Å². The van der Waals surface area contributed by atoms with Gasteiger partial charge in [0.1, 0.15) is 58.4 Å². The maximum absolute atomic E-state index is 12.6. The first-order valence-electron chi connectivity index (χ1n) is 10.9. The van der Waals surface area contributed by atoms with Crippen molar-refractivity contribution in [1.29, 1.82) is 0 Å². The van der Waals surface area contributed by atoms with Crippen molar-refractivity contribution in [2.75, 3.05) is 6.61 Å². The number of phenolic OH excluding ortho intramolecular Hbond substituents is 2. The standard InChI is InChI=1S/C24H24O12/c1-10(33-24-22(31)21(30)20(29)18(9-25)36-24)23(32)34-13-6-14(27)19-15(28)8-16(35-17(19)7-13)11-2-4-12(26)5-3-11/h2-8,10,18,20-22,24-27,29-31H,9H2,1H3/t10?,18?,20-,21+,22-,24-/m0/s1. The highest BCUT2D eigenvalue weighted by Gasteiger charge is 2.45. The molecule has 0 aliphatic carbocycles. The zero-order valence-corrected chi connectivity index (χ0v) is 18.8. The molecule has 2 heterocycles. The predicted molar refractivity (Wildman–Crippen MR) is 121 cm³/mol. The van der Waals surface area contributed by atoms with Gasteiger partial charge >= 0.3 is 5.97 Å². The minimum atomic E-state index is -1.71. The molecule has 2 unspecified atom stereocenters. The van der Waals surface area contributed by atoms with Crippen molar-refractivity contribution in [3.05, 3.63) is 52.7 Å². The largest absolute Gasteiger partial charge is 0.508 e. The molecule has 1 aliphatic rings. The third-order valence-corrected chi connectivity index (χ3v) is 5.67. The molecule has 12 nitrogen and oxygen atoms in total. The van der Waals surface area contributed by atoms with Crippen LogP contribution in [0.3, 0.4) is 0 Å². The Morgan fingerprint density at radius 3 is 2.39 bits per heavy atom. The Kier molecular flexibility index (Phi) is 7.26. The van der Waals surface area contributed by atoms with E-state index in [0.29, 0.717) is 5.56 Å². The summed E-state index contributed by atoms with van der Waals surface area (Å²) in [4.78, 5) is 25.1. The molecule has 0 bridgehead atoms. The maximum atomic E-state index is 12.6. The molecule has 0 radical (unpaired) electrons. The van der Waals surface area contributed by atoms with Gasteiger partial charge in [-0.15, -0.1) is 0 Å². The normalized spacial score (nSPS) is 25.0. The van der Waals surface area contributed by atoms with Gasteiger partial charge in [-0.3, -0.25) is 4.79 Å². The first kappa shape index (κ1) is 25.6. The van der Waals surface area contributed by atoms with Crippen LogP contribution in [0.1, 0.15) is 6.92 Å². The zero-order chi connectivity index (χ0) is 26.1. The summed E-state index contributed by atoms with van der Waals surface area (Å²) >= 11 is 0. The zero-order valence-electron chi connectivity index (χ0n) is 18.8. The van der Waals surface area contributed by atoms with E-state index in [9.17, 15) is 40.2 Å². The summed E-state index contributed by atoms with van der Waals surface area (Å²) in [6.07, 6.45) is -9.13. The van der Waals surface area contributed by atoms with E-state index in [-0.39, 0.29) is 28.2 Å². The predicted octanol–water partition coefficient (Wildman–Crippen LogP) is -0.0184. The number of benzene rings is 2. The van der Waals surface area contributed by atoms with Crippen LogP contribution in [0.25, 0.3) is 22.3 Å². The maximum Gasteiger partial charge on any atom is 0.340 e. The third-order valence-electron chi connectivity index (χ3n) is 5.67. The summed E-state index contributed by atoms with van der Waals surface area (Å²) in [6, 6.07) is 9.31. The van der Waals surface area contributed by atoms with Crippen LogP contribution in [0, 0.1) is 0 Å². The lowest BCUT2D eigenvalue weighted by molar-refractivity contribution is -0.308. The average molecular weight is 504 g/mol. The van der Waals surface area contributed by atoms with Crippen LogP contribution in [0.5, 0.6) is 17.2 Å². The Morgan fingerprint density at radius 1 is 1.03 bits per heavy atom. The molecule has 6 atom stereocenters. The highest BCUT2D eigenvalue weighted by molar-refractivity contribution is 5.87. The molecule has 2 aromatic carbocycles. The second kappa shape index (κ2) is 10.2. The molecule has 4 rings (SSSR count). The van der Waals surface area contributed by atoms with E-state index in [1.54, 1.807) is 0 Å². The number of fused-ring (bicyclic) bond motifs is 1. The Morgan fingerprint density at radius 2 is 1.72 bits per heavy atom. The molecular weight excluding hydrogens is 480 g/mol. The Hall–Kier alpha value is -3.52. The number of aliphatic hydroxyl groups is 4. The highest BCUT2D eigenvalue weighted by atomic mass is 16.7. The fraction of sp³-hybridized carbons (Fsp3) is 0.333. The minimum Gasteiger partial charge on any atom is -0.508 e. The van der Waals surface area contributed by atoms with Gasteiger partial charge in [0.15, 0.2) is 17.8 Å². The van der Waals surface area contributed by atoms with Crippen LogP contribution >= 0.6 is 0 Å². The van der Waals surface area contributed by atoms with Crippen LogP contribution < -0.4 is 10.2 Å². The van der Waals surface area contributed by atoms with Gasteiger partial charge in [-0.2, -0.15) is 0 Å². The molecule has 1 saturated heterocycles. The van der Waals surface area contributed by atoms with Gasteiger partial charge in [0.25, 0.3) is 0 Å². The van der Waals surface area contributed by atoms with Gasteiger partial charge in [-0.25, -0.2) is 4.79 Å². The summed E-state index contributed by atoms with van der Waals surface area (Å²) in [6.45, 7) is 0.602. The van der Waals surface area contributed by atoms with Crippen molar-refractivity contribution in [3.63, 3.8) is 0 Å². The number of hydrogen-bond donors (Lipinski definition) is 6. The van der Waals surface area contributed by atoms with E-state index in [4.69, 9.17) is 18.6 Å². The topological polar surface area (TPSA) is 196 Å². The molecular formula is C24H24O12. The number of phenols is 2. The van der Waals surface area contributed by atoms with E-state index in [1.165, 1.54) is 43.3 Å². The van der Waals surface area contributed by atoms with Crippen LogP contribution in [0.4, 0.5) is 0 Å². The number of ether oxygens (including phenoxy) is 3. The molecule has 1 aliphatic heterocycles. The van der Waals surface area contributed by atoms with Gasteiger partial charge in [0, 0.05) is 23.8 Å². The van der Waals surface area contributed by atoms with Crippen LogP contribution in [0.2, 0.25) is 0 Å². The van der Waals surface area contributed by atoms with Crippen molar-refractivity contribution < 1.29 is 54.1 Å². The number of carbonyl (C=O) groups is 1. The lowest BCUT2D eigenvalue weighted by atomic mass is 9.99. The summed E-state index contributed by atoms with van der Waals surface area (Å²) in [7, 11) is 0. The summed E-state index contributed by atoms with van der Waals surface area (Å²) in [5.41, 5.74) is -0.139. The molecule has 192 valence electrons. The number of carbonyl (C=O) groups excluding carboxylic acids is 1. The summed E-state index contributed by atoms with van der Waals surface area (Å²) in [5.74, 6) is -1.49. The third kappa shape index (κ3) is 5.04. The van der Waals surface area contributed by atoms with Crippen LogP contribution in [0.15, 0.2) is 51.7 Å². The van der Waals surface area contributed by atoms with E-state index in [1.807, 2.05) is 0 Å². The number of aromatic hydroxyl groups is 2. The quantitative estimate of drug-likeness (QED) is 0.194. The first-order chi connectivity index (χ1) is 17.1. The molecule has 0 saturated carbocycles. The molecule has 36 heavy (non-hydrogen) atoms. The van der Waals surface area contributed by atoms with E-state index in [0.717, 1.165) is 6.07 Å². The van der Waals surface area contributed by atoms with Crippen molar-refractivity contribution in [3.8, 4) is 28.6 Å². The number of hydrogen-bond acceptors (Lipinski definition) is 12. The van der Waals surface area contributed by atoms with Crippen molar-refractivity contribution >= 4 is 16.9 Å². The van der Waals surface area contributed by atoms with Crippen LogP contribution in [-0.2, 0) is 14.3 Å². The Bertz CT molecular complexity index is 1300. The fourth-order valence-electron chi connectivity index (χ4n) is 3.71. The molecule has 12 heteroatoms. The lowest BCUT2D eigenvalue weighted by Gasteiger charge is -2.40. The monoisotopic (exact) mass is 504 g/mol. The van der Waals surface area contributed by atoms with Gasteiger partial charge in [-0.1, -0.05) is 0 Å². The number of esters is 1. The molecule has 0 amide bonds. The van der Waals surface area contributed by atoms with Gasteiger partial charge in [0.2, 0.25) is 0 Å². The number of rotatable bonds is 6. The second-order valence-corrected chi connectivity index (χ2v) is 8.23. The van der Waals surface area contributed by atoms with E-state index in [2.05, 4.69) is 0 Å². The lowest BCUT2D eigenvalue weighted by Crippen LogP contribution is -2.60. The minimum absolute atomic E-state index is 0.0220. The Balaban J connectivity index is 1.54. The van der Waals surface area contributed by atoms with Crippen molar-refractivity contribution in [2.45, 2.75) is 43.7 Å². The molecule has 6 N–H and O–H groups in total. The van der Waals surface area contributed by atoms with E-state index >= 15 is 0 Å². The molecule has 3 aromatic rings. The Labute approximate surface area is 203 Å². The van der Waals surface area contributed by atoms with Gasteiger partial charge in [-0.05, 0) is 31.2 Å². The average Bonchev–Trinajstić information content (AvgIpc) is 2.84. The van der Waals surface area contributed by atoms with Crippen molar-refractivity contribution in [2.24, 2.45) is 0 Å². The second-order valence-electron chi connectivity index (χ2n) is 8.23. The van der Waals surface area contributed by atoms with Crippen LogP contribution in [-0.4, -0.2) is 80.0 Å². The fourth-order valence-corrected chi connectivity index (χ4v) is 3.71. The highest BCUT2D eigenvalue weighted by Crippen LogP contribution is 2.32. The number of aliphatic hydroxyl groups excluding tert-OH is 4. The van der Waals surface area contributed by atoms with Crippen molar-refractivity contribution in [1.82, 2.24) is 0 Å². The molecule has 0 spiro atoms. The smallest absolute Gasteiger partial charge is 0.340 e. The summed E-state index contributed by atoms with van der Waals surface area (Å²) in [5, 5.41) is 58.7. The molecule has 1 aromatic heterocycles. The van der Waals surface area contributed by atoms with Gasteiger partial charge in [0.05, 0.1) is 6.61 Å². The summed E-state index contributed by atoms with van der Waals surface area (Å²) < 4.78 is 21.5.